The smallest absolute Gasteiger partial charge is 0.265 e. The van der Waals surface area contributed by atoms with Gasteiger partial charge in [-0.05, 0) is 24.6 Å². The number of carbonyl (C=O) groups excluding carboxylic acids is 1. The molecule has 0 bridgehead atoms. The SMILES string of the molecule is CCS(=O)(=O)N1C[C@H](C(=O)N2CCN(C/C=C/c3ccccc3)CC2)Oc2ccccc21. The third-order valence-corrected chi connectivity index (χ3v) is 7.62. The van der Waals surface area contributed by atoms with Crippen molar-refractivity contribution in [2.75, 3.05) is 49.3 Å². The third kappa shape index (κ3) is 4.97. The molecule has 0 spiro atoms. The largest absolute Gasteiger partial charge is 0.476 e. The molecule has 2 aromatic carbocycles. The summed E-state index contributed by atoms with van der Waals surface area (Å²) in [5, 5.41) is 0. The van der Waals surface area contributed by atoms with Crippen LogP contribution >= 0.6 is 0 Å². The molecule has 32 heavy (non-hydrogen) atoms. The lowest BCUT2D eigenvalue weighted by molar-refractivity contribution is -0.140. The highest BCUT2D eigenvalue weighted by Crippen LogP contribution is 2.35. The van der Waals surface area contributed by atoms with Crippen LogP contribution in [0.25, 0.3) is 6.08 Å². The Morgan fingerprint density at radius 2 is 1.72 bits per heavy atom. The van der Waals surface area contributed by atoms with Crippen LogP contribution in [0.3, 0.4) is 0 Å². The number of rotatable bonds is 6. The number of hydrogen-bond acceptors (Lipinski definition) is 5. The van der Waals surface area contributed by atoms with Crippen LogP contribution in [0.2, 0.25) is 0 Å². The summed E-state index contributed by atoms with van der Waals surface area (Å²) in [6.45, 7) is 5.17. The number of anilines is 1. The van der Waals surface area contributed by atoms with Crippen molar-refractivity contribution in [3.05, 3.63) is 66.2 Å². The zero-order valence-electron chi connectivity index (χ0n) is 18.3. The second kappa shape index (κ2) is 9.75. The molecule has 2 aliphatic heterocycles. The summed E-state index contributed by atoms with van der Waals surface area (Å²) < 4.78 is 32.5. The maximum atomic E-state index is 13.2. The number of amides is 1. The Labute approximate surface area is 189 Å². The van der Waals surface area contributed by atoms with Crippen molar-refractivity contribution in [1.82, 2.24) is 9.80 Å². The van der Waals surface area contributed by atoms with Crippen molar-refractivity contribution >= 4 is 27.7 Å². The van der Waals surface area contributed by atoms with Gasteiger partial charge in [-0.25, -0.2) is 8.42 Å². The van der Waals surface area contributed by atoms with Gasteiger partial charge < -0.3 is 9.64 Å². The van der Waals surface area contributed by atoms with Gasteiger partial charge in [0.05, 0.1) is 18.0 Å². The van der Waals surface area contributed by atoms with Crippen LogP contribution in [0, 0.1) is 0 Å². The number of ether oxygens (including phenoxy) is 1. The molecule has 1 fully saturated rings. The van der Waals surface area contributed by atoms with Gasteiger partial charge in [0.15, 0.2) is 6.10 Å². The lowest BCUT2D eigenvalue weighted by Gasteiger charge is -2.39. The number of hydrogen-bond donors (Lipinski definition) is 0. The van der Waals surface area contributed by atoms with E-state index in [4.69, 9.17) is 4.74 Å². The highest BCUT2D eigenvalue weighted by Gasteiger charge is 2.38. The molecular weight excluding hydrogens is 426 g/mol. The van der Waals surface area contributed by atoms with Crippen LogP contribution in [0.15, 0.2) is 60.7 Å². The molecule has 0 aromatic heterocycles. The van der Waals surface area contributed by atoms with Crippen molar-refractivity contribution < 1.29 is 17.9 Å². The molecule has 0 unspecified atom stereocenters. The van der Waals surface area contributed by atoms with Crippen molar-refractivity contribution in [3.63, 3.8) is 0 Å². The van der Waals surface area contributed by atoms with Gasteiger partial charge in [-0.1, -0.05) is 54.6 Å². The lowest BCUT2D eigenvalue weighted by atomic mass is 10.2. The monoisotopic (exact) mass is 455 g/mol. The van der Waals surface area contributed by atoms with Gasteiger partial charge in [0.1, 0.15) is 5.75 Å². The number of para-hydroxylation sites is 2. The van der Waals surface area contributed by atoms with E-state index < -0.39 is 16.1 Å². The van der Waals surface area contributed by atoms with E-state index in [1.807, 2.05) is 18.2 Å². The predicted octanol–water partition coefficient (Wildman–Crippen LogP) is 2.46. The van der Waals surface area contributed by atoms with E-state index in [0.717, 1.165) is 19.6 Å². The summed E-state index contributed by atoms with van der Waals surface area (Å²) in [5.74, 6) is 0.242. The Kier molecular flexibility index (Phi) is 6.81. The molecule has 0 saturated carbocycles. The van der Waals surface area contributed by atoms with Crippen LogP contribution in [-0.2, 0) is 14.8 Å². The first-order chi connectivity index (χ1) is 15.5. The molecule has 170 valence electrons. The zero-order valence-corrected chi connectivity index (χ0v) is 19.1. The fourth-order valence-corrected chi connectivity index (χ4v) is 5.13. The number of piperazine rings is 1. The van der Waals surface area contributed by atoms with Crippen LogP contribution in [0.4, 0.5) is 5.69 Å². The first-order valence-corrected chi connectivity index (χ1v) is 12.6. The summed E-state index contributed by atoms with van der Waals surface area (Å²) in [7, 11) is -3.51. The Balaban J connectivity index is 1.36. The second-order valence-electron chi connectivity index (χ2n) is 7.94. The van der Waals surface area contributed by atoms with Gasteiger partial charge in [0.2, 0.25) is 10.0 Å². The average molecular weight is 456 g/mol. The Bertz CT molecular complexity index is 1060. The van der Waals surface area contributed by atoms with Gasteiger partial charge in [-0.3, -0.25) is 14.0 Å². The third-order valence-electron chi connectivity index (χ3n) is 5.87. The van der Waals surface area contributed by atoms with Crippen LogP contribution in [-0.4, -0.2) is 75.3 Å². The summed E-state index contributed by atoms with van der Waals surface area (Å²) in [6.07, 6.45) is 3.41. The maximum absolute atomic E-state index is 13.2. The van der Waals surface area contributed by atoms with Crippen molar-refractivity contribution in [2.24, 2.45) is 0 Å². The first-order valence-electron chi connectivity index (χ1n) is 11.0. The summed E-state index contributed by atoms with van der Waals surface area (Å²) in [5.41, 5.74) is 1.66. The van der Waals surface area contributed by atoms with Crippen molar-refractivity contribution in [3.8, 4) is 5.75 Å². The molecule has 0 radical (unpaired) electrons. The molecule has 7 nitrogen and oxygen atoms in total. The van der Waals surface area contributed by atoms with Gasteiger partial charge >= 0.3 is 0 Å². The van der Waals surface area contributed by atoms with E-state index in [1.54, 1.807) is 36.1 Å². The van der Waals surface area contributed by atoms with E-state index >= 15 is 0 Å². The van der Waals surface area contributed by atoms with Crippen molar-refractivity contribution in [1.29, 1.82) is 0 Å². The molecule has 2 aromatic rings. The number of fused-ring (bicyclic) bond motifs is 1. The molecule has 4 rings (SSSR count). The topological polar surface area (TPSA) is 70.2 Å². The van der Waals surface area contributed by atoms with Gasteiger partial charge in [-0.2, -0.15) is 0 Å². The minimum Gasteiger partial charge on any atom is -0.476 e. The lowest BCUT2D eigenvalue weighted by Crippen LogP contribution is -2.56. The predicted molar refractivity (Wildman–Crippen MR) is 126 cm³/mol. The molecule has 2 heterocycles. The highest BCUT2D eigenvalue weighted by molar-refractivity contribution is 7.92. The van der Waals surface area contributed by atoms with E-state index in [1.165, 1.54) is 9.87 Å². The quantitative estimate of drug-likeness (QED) is 0.669. The standard InChI is InChI=1S/C24H29N3O4S/c1-2-32(29,30)27-19-23(31-22-13-7-6-12-21(22)27)24(28)26-17-15-25(16-18-26)14-8-11-20-9-4-3-5-10-20/h3-13,23H,2,14-19H2,1H3/b11-8+/t23-/m1/s1. The van der Waals surface area contributed by atoms with Crippen LogP contribution in [0.1, 0.15) is 12.5 Å². The van der Waals surface area contributed by atoms with E-state index in [0.29, 0.717) is 24.5 Å². The van der Waals surface area contributed by atoms with Crippen molar-refractivity contribution in [2.45, 2.75) is 13.0 Å². The normalized spacial score (nSPS) is 19.6. The fraction of sp³-hybridized carbons (Fsp3) is 0.375. The number of carbonyl (C=O) groups is 1. The van der Waals surface area contributed by atoms with E-state index in [9.17, 15) is 13.2 Å². The molecule has 1 amide bonds. The molecule has 1 atom stereocenters. The second-order valence-corrected chi connectivity index (χ2v) is 10.1. The fourth-order valence-electron chi connectivity index (χ4n) is 4.01. The number of sulfonamides is 1. The van der Waals surface area contributed by atoms with Crippen LogP contribution in [0.5, 0.6) is 5.75 Å². The van der Waals surface area contributed by atoms with Gasteiger partial charge in [0.25, 0.3) is 5.91 Å². The molecule has 8 heteroatoms. The molecule has 2 aliphatic rings. The average Bonchev–Trinajstić information content (AvgIpc) is 2.84. The number of benzene rings is 2. The Morgan fingerprint density at radius 1 is 1.03 bits per heavy atom. The maximum Gasteiger partial charge on any atom is 0.265 e. The van der Waals surface area contributed by atoms with Crippen LogP contribution < -0.4 is 9.04 Å². The summed E-state index contributed by atoms with van der Waals surface area (Å²) in [6, 6.07) is 17.1. The zero-order chi connectivity index (χ0) is 22.6. The first kappa shape index (κ1) is 22.4. The highest BCUT2D eigenvalue weighted by atomic mass is 32.2. The Morgan fingerprint density at radius 3 is 2.44 bits per heavy atom. The molecule has 0 aliphatic carbocycles. The summed E-state index contributed by atoms with van der Waals surface area (Å²) >= 11 is 0. The Hall–Kier alpha value is -2.84. The summed E-state index contributed by atoms with van der Waals surface area (Å²) in [4.78, 5) is 17.3. The molecule has 0 N–H and O–H groups in total. The van der Waals surface area contributed by atoms with Gasteiger partial charge in [0, 0.05) is 32.7 Å². The molecular formula is C24H29N3O4S. The minimum absolute atomic E-state index is 0.00600. The van der Waals surface area contributed by atoms with Gasteiger partial charge in [-0.15, -0.1) is 0 Å². The van der Waals surface area contributed by atoms with E-state index in [2.05, 4.69) is 29.2 Å². The minimum atomic E-state index is -3.51. The molecule has 1 saturated heterocycles. The number of nitrogens with zero attached hydrogens (tertiary/aromatic N) is 3. The van der Waals surface area contributed by atoms with E-state index in [-0.39, 0.29) is 18.2 Å².